The number of hydrogen-bond acceptors (Lipinski definition) is 2. The van der Waals surface area contributed by atoms with Crippen molar-refractivity contribution in [2.24, 2.45) is 5.92 Å². The molecule has 10 heavy (non-hydrogen) atoms. The molecular weight excluding hydrogens is 128 g/mol. The zero-order valence-electron chi connectivity index (χ0n) is 6.96. The van der Waals surface area contributed by atoms with E-state index in [0.717, 1.165) is 13.2 Å². The standard InChI is InChI=1S/C8H16O2/c1-6(2)10-8-5-9-4-7(8)3/h6-8H,4-5H2,1-3H3/t7-,8+/m0/s1. The van der Waals surface area contributed by atoms with Crippen molar-refractivity contribution in [3.05, 3.63) is 0 Å². The van der Waals surface area contributed by atoms with Crippen molar-refractivity contribution in [2.75, 3.05) is 13.2 Å². The van der Waals surface area contributed by atoms with Crippen molar-refractivity contribution < 1.29 is 9.47 Å². The van der Waals surface area contributed by atoms with Crippen LogP contribution >= 0.6 is 0 Å². The summed E-state index contributed by atoms with van der Waals surface area (Å²) in [4.78, 5) is 0. The minimum absolute atomic E-state index is 0.328. The van der Waals surface area contributed by atoms with Gasteiger partial charge >= 0.3 is 0 Å². The van der Waals surface area contributed by atoms with Gasteiger partial charge in [0.05, 0.1) is 25.4 Å². The van der Waals surface area contributed by atoms with E-state index in [1.807, 2.05) is 0 Å². The quantitative estimate of drug-likeness (QED) is 0.584. The van der Waals surface area contributed by atoms with Crippen LogP contribution in [0.4, 0.5) is 0 Å². The summed E-state index contributed by atoms with van der Waals surface area (Å²) in [5.74, 6) is 0.572. The third kappa shape index (κ3) is 1.96. The van der Waals surface area contributed by atoms with Crippen LogP contribution in [0.2, 0.25) is 0 Å². The van der Waals surface area contributed by atoms with Crippen molar-refractivity contribution in [1.82, 2.24) is 0 Å². The molecule has 0 aromatic carbocycles. The zero-order chi connectivity index (χ0) is 7.56. The summed E-state index contributed by atoms with van der Waals surface area (Å²) in [7, 11) is 0. The molecule has 2 nitrogen and oxygen atoms in total. The van der Waals surface area contributed by atoms with E-state index in [1.165, 1.54) is 0 Å². The number of hydrogen-bond donors (Lipinski definition) is 0. The van der Waals surface area contributed by atoms with Crippen LogP contribution in [0, 0.1) is 5.92 Å². The molecule has 60 valence electrons. The molecule has 1 saturated heterocycles. The molecule has 0 amide bonds. The molecule has 0 aromatic heterocycles. The van der Waals surface area contributed by atoms with Crippen molar-refractivity contribution >= 4 is 0 Å². The van der Waals surface area contributed by atoms with Crippen molar-refractivity contribution in [3.63, 3.8) is 0 Å². The Bertz CT molecular complexity index is 101. The van der Waals surface area contributed by atoms with Crippen LogP contribution < -0.4 is 0 Å². The summed E-state index contributed by atoms with van der Waals surface area (Å²) in [6, 6.07) is 0. The summed E-state index contributed by atoms with van der Waals surface area (Å²) >= 11 is 0. The predicted octanol–water partition coefficient (Wildman–Crippen LogP) is 1.45. The molecule has 2 atom stereocenters. The second-order valence-corrected chi connectivity index (χ2v) is 3.24. The molecule has 1 fully saturated rings. The molecule has 1 rings (SSSR count). The van der Waals surface area contributed by atoms with Gasteiger partial charge in [-0.3, -0.25) is 0 Å². The molecule has 0 aliphatic carbocycles. The topological polar surface area (TPSA) is 18.5 Å². The summed E-state index contributed by atoms with van der Waals surface area (Å²) in [5, 5.41) is 0. The van der Waals surface area contributed by atoms with E-state index in [1.54, 1.807) is 0 Å². The summed E-state index contributed by atoms with van der Waals surface area (Å²) in [6.45, 7) is 7.92. The number of ether oxygens (including phenoxy) is 2. The average molecular weight is 144 g/mol. The molecule has 0 aromatic rings. The Morgan fingerprint density at radius 3 is 2.50 bits per heavy atom. The van der Waals surface area contributed by atoms with E-state index in [-0.39, 0.29) is 0 Å². The van der Waals surface area contributed by atoms with Gasteiger partial charge in [0.1, 0.15) is 0 Å². The van der Waals surface area contributed by atoms with E-state index < -0.39 is 0 Å². The molecule has 1 aliphatic heterocycles. The van der Waals surface area contributed by atoms with E-state index in [0.29, 0.717) is 18.1 Å². The maximum Gasteiger partial charge on any atom is 0.0859 e. The Kier molecular flexibility index (Phi) is 2.69. The fraction of sp³-hybridized carbons (Fsp3) is 1.00. The maximum atomic E-state index is 5.60. The zero-order valence-corrected chi connectivity index (χ0v) is 6.96. The lowest BCUT2D eigenvalue weighted by Crippen LogP contribution is -2.23. The fourth-order valence-electron chi connectivity index (χ4n) is 1.16. The van der Waals surface area contributed by atoms with Gasteiger partial charge in [-0.2, -0.15) is 0 Å². The predicted molar refractivity (Wildman–Crippen MR) is 40.0 cm³/mol. The largest absolute Gasteiger partial charge is 0.378 e. The van der Waals surface area contributed by atoms with Gasteiger partial charge in [-0.05, 0) is 13.8 Å². The maximum absolute atomic E-state index is 5.60. The van der Waals surface area contributed by atoms with Gasteiger partial charge in [-0.1, -0.05) is 6.92 Å². The van der Waals surface area contributed by atoms with Crippen molar-refractivity contribution in [2.45, 2.75) is 33.0 Å². The summed E-state index contributed by atoms with van der Waals surface area (Å²) in [5.41, 5.74) is 0. The molecule has 0 radical (unpaired) electrons. The van der Waals surface area contributed by atoms with E-state index in [2.05, 4.69) is 20.8 Å². The first-order valence-corrected chi connectivity index (χ1v) is 3.93. The van der Waals surface area contributed by atoms with Crippen molar-refractivity contribution in [3.8, 4) is 0 Å². The Labute approximate surface area is 62.5 Å². The normalized spacial score (nSPS) is 33.6. The van der Waals surface area contributed by atoms with E-state index in [4.69, 9.17) is 9.47 Å². The average Bonchev–Trinajstić information content (AvgIpc) is 2.15. The Morgan fingerprint density at radius 1 is 1.40 bits per heavy atom. The minimum atomic E-state index is 0.328. The second kappa shape index (κ2) is 3.35. The van der Waals surface area contributed by atoms with Gasteiger partial charge in [-0.15, -0.1) is 0 Å². The Hall–Kier alpha value is -0.0800. The Morgan fingerprint density at radius 2 is 2.10 bits per heavy atom. The first-order valence-electron chi connectivity index (χ1n) is 3.93. The first kappa shape index (κ1) is 8.02. The molecule has 0 saturated carbocycles. The molecule has 0 spiro atoms. The SMILES string of the molecule is CC(C)O[C@@H]1COC[C@@H]1C. The van der Waals surface area contributed by atoms with Crippen LogP contribution in [0.5, 0.6) is 0 Å². The van der Waals surface area contributed by atoms with Gasteiger partial charge < -0.3 is 9.47 Å². The van der Waals surface area contributed by atoms with Crippen LogP contribution in [-0.4, -0.2) is 25.4 Å². The minimum Gasteiger partial charge on any atom is -0.378 e. The lowest BCUT2D eigenvalue weighted by molar-refractivity contribution is -0.0108. The number of rotatable bonds is 2. The monoisotopic (exact) mass is 144 g/mol. The molecule has 1 heterocycles. The van der Waals surface area contributed by atoms with Gasteiger partial charge in [0.25, 0.3) is 0 Å². The third-order valence-corrected chi connectivity index (χ3v) is 1.74. The molecule has 0 unspecified atom stereocenters. The second-order valence-electron chi connectivity index (χ2n) is 3.24. The van der Waals surface area contributed by atoms with Crippen LogP contribution in [0.3, 0.4) is 0 Å². The highest BCUT2D eigenvalue weighted by Gasteiger charge is 2.25. The lowest BCUT2D eigenvalue weighted by Gasteiger charge is -2.16. The van der Waals surface area contributed by atoms with Gasteiger partial charge in [0.2, 0.25) is 0 Å². The smallest absolute Gasteiger partial charge is 0.0859 e. The highest BCUT2D eigenvalue weighted by molar-refractivity contribution is 4.72. The third-order valence-electron chi connectivity index (χ3n) is 1.74. The van der Waals surface area contributed by atoms with Gasteiger partial charge in [0.15, 0.2) is 0 Å². The molecule has 0 bridgehead atoms. The van der Waals surface area contributed by atoms with Crippen LogP contribution in [0.15, 0.2) is 0 Å². The molecule has 2 heteroatoms. The highest BCUT2D eigenvalue weighted by atomic mass is 16.6. The van der Waals surface area contributed by atoms with Crippen LogP contribution in [0.1, 0.15) is 20.8 Å². The molecule has 1 aliphatic rings. The van der Waals surface area contributed by atoms with Crippen LogP contribution in [0.25, 0.3) is 0 Å². The van der Waals surface area contributed by atoms with Gasteiger partial charge in [-0.25, -0.2) is 0 Å². The first-order chi connectivity index (χ1) is 4.70. The van der Waals surface area contributed by atoms with Gasteiger partial charge in [0, 0.05) is 5.92 Å². The summed E-state index contributed by atoms with van der Waals surface area (Å²) < 4.78 is 10.8. The van der Waals surface area contributed by atoms with E-state index in [9.17, 15) is 0 Å². The molecule has 0 N–H and O–H groups in total. The lowest BCUT2D eigenvalue weighted by atomic mass is 10.1. The van der Waals surface area contributed by atoms with Crippen molar-refractivity contribution in [1.29, 1.82) is 0 Å². The fourth-order valence-corrected chi connectivity index (χ4v) is 1.16. The Balaban J connectivity index is 2.26. The highest BCUT2D eigenvalue weighted by Crippen LogP contribution is 2.17. The molecular formula is C8H16O2. The summed E-state index contributed by atoms with van der Waals surface area (Å²) in [6.07, 6.45) is 0.661. The van der Waals surface area contributed by atoms with Crippen LogP contribution in [-0.2, 0) is 9.47 Å². The van der Waals surface area contributed by atoms with E-state index >= 15 is 0 Å².